The summed E-state index contributed by atoms with van der Waals surface area (Å²) in [6, 6.07) is -0.0942. The van der Waals surface area contributed by atoms with Gasteiger partial charge in [0.1, 0.15) is 6.54 Å². The summed E-state index contributed by atoms with van der Waals surface area (Å²) in [7, 11) is 0. The monoisotopic (exact) mass is 253 g/mol. The SMILES string of the molecule is CC(=O)c1c[nH]c(=O)n(CC(=O)NC(C)C)c1=O. The molecule has 0 aliphatic rings. The molecule has 18 heavy (non-hydrogen) atoms. The lowest BCUT2D eigenvalue weighted by atomic mass is 10.2. The van der Waals surface area contributed by atoms with Gasteiger partial charge in [0.15, 0.2) is 5.78 Å². The van der Waals surface area contributed by atoms with Crippen LogP contribution in [0, 0.1) is 0 Å². The molecule has 7 nitrogen and oxygen atoms in total. The van der Waals surface area contributed by atoms with Crippen molar-refractivity contribution in [2.45, 2.75) is 33.4 Å². The van der Waals surface area contributed by atoms with E-state index in [1.54, 1.807) is 13.8 Å². The fraction of sp³-hybridized carbons (Fsp3) is 0.455. The van der Waals surface area contributed by atoms with Crippen molar-refractivity contribution in [2.75, 3.05) is 0 Å². The smallest absolute Gasteiger partial charge is 0.328 e. The third-order valence-corrected chi connectivity index (χ3v) is 2.19. The fourth-order valence-electron chi connectivity index (χ4n) is 1.42. The molecule has 1 amide bonds. The van der Waals surface area contributed by atoms with Gasteiger partial charge in [-0.2, -0.15) is 0 Å². The van der Waals surface area contributed by atoms with Crippen molar-refractivity contribution in [3.8, 4) is 0 Å². The van der Waals surface area contributed by atoms with Gasteiger partial charge in [-0.3, -0.25) is 19.0 Å². The summed E-state index contributed by atoms with van der Waals surface area (Å²) >= 11 is 0. The Labute approximate surface area is 103 Å². The summed E-state index contributed by atoms with van der Waals surface area (Å²) in [4.78, 5) is 48.2. The predicted molar refractivity (Wildman–Crippen MR) is 64.6 cm³/mol. The fourth-order valence-corrected chi connectivity index (χ4v) is 1.42. The first-order valence-electron chi connectivity index (χ1n) is 5.45. The average Bonchev–Trinajstić information content (AvgIpc) is 2.22. The molecular formula is C11H15N3O4. The second-order valence-electron chi connectivity index (χ2n) is 4.18. The number of Topliss-reactive ketones (excluding diaryl/α,β-unsaturated/α-hetero) is 1. The third-order valence-electron chi connectivity index (χ3n) is 2.19. The molecule has 1 heterocycles. The zero-order valence-electron chi connectivity index (χ0n) is 10.4. The first-order chi connectivity index (χ1) is 8.32. The normalized spacial score (nSPS) is 10.4. The van der Waals surface area contributed by atoms with Crippen LogP contribution in [0.25, 0.3) is 0 Å². The standard InChI is InChI=1S/C11H15N3O4/c1-6(2)13-9(16)5-14-10(17)8(7(3)15)4-12-11(14)18/h4,6H,5H2,1-3H3,(H,12,18)(H,13,16). The summed E-state index contributed by atoms with van der Waals surface area (Å²) < 4.78 is 0.703. The van der Waals surface area contributed by atoms with Gasteiger partial charge in [-0.25, -0.2) is 4.79 Å². The summed E-state index contributed by atoms with van der Waals surface area (Å²) in [5, 5.41) is 2.56. The number of carbonyl (C=O) groups is 2. The number of rotatable bonds is 4. The first-order valence-corrected chi connectivity index (χ1v) is 5.45. The zero-order chi connectivity index (χ0) is 13.9. The largest absolute Gasteiger partial charge is 0.352 e. The molecule has 1 rings (SSSR count). The Morgan fingerprint density at radius 1 is 1.39 bits per heavy atom. The number of aromatic nitrogens is 2. The number of nitrogens with zero attached hydrogens (tertiary/aromatic N) is 1. The van der Waals surface area contributed by atoms with Crippen molar-refractivity contribution < 1.29 is 9.59 Å². The van der Waals surface area contributed by atoms with Gasteiger partial charge < -0.3 is 10.3 Å². The number of ketones is 1. The van der Waals surface area contributed by atoms with Crippen LogP contribution in [0.5, 0.6) is 0 Å². The van der Waals surface area contributed by atoms with Crippen LogP contribution >= 0.6 is 0 Å². The minimum atomic E-state index is -0.759. The Morgan fingerprint density at radius 2 is 2.00 bits per heavy atom. The van der Waals surface area contributed by atoms with Crippen LogP contribution in [0.3, 0.4) is 0 Å². The Hall–Kier alpha value is -2.18. The Kier molecular flexibility index (Phi) is 4.19. The molecule has 0 aliphatic carbocycles. The number of H-pyrrole nitrogens is 1. The van der Waals surface area contributed by atoms with Gasteiger partial charge in [-0.1, -0.05) is 0 Å². The van der Waals surface area contributed by atoms with Crippen LogP contribution in [0.1, 0.15) is 31.1 Å². The summed E-state index contributed by atoms with van der Waals surface area (Å²) in [5.41, 5.74) is -1.62. The third kappa shape index (κ3) is 3.16. The number of amides is 1. The predicted octanol–water partition coefficient (Wildman–Crippen LogP) is -0.736. The molecule has 0 spiro atoms. The highest BCUT2D eigenvalue weighted by molar-refractivity contribution is 5.93. The molecule has 7 heteroatoms. The van der Waals surface area contributed by atoms with E-state index in [4.69, 9.17) is 0 Å². The molecule has 0 aromatic carbocycles. The van der Waals surface area contributed by atoms with Gasteiger partial charge >= 0.3 is 5.69 Å². The molecule has 1 aromatic rings. The molecule has 0 saturated heterocycles. The molecular weight excluding hydrogens is 238 g/mol. The number of hydrogen-bond donors (Lipinski definition) is 2. The van der Waals surface area contributed by atoms with E-state index < -0.39 is 29.5 Å². The van der Waals surface area contributed by atoms with Crippen LogP contribution in [-0.2, 0) is 11.3 Å². The molecule has 98 valence electrons. The molecule has 0 saturated carbocycles. The quantitative estimate of drug-likeness (QED) is 0.690. The maximum absolute atomic E-state index is 11.8. The maximum atomic E-state index is 11.8. The Bertz CT molecular complexity index is 583. The maximum Gasteiger partial charge on any atom is 0.328 e. The molecule has 0 radical (unpaired) electrons. The van der Waals surface area contributed by atoms with Crippen LogP contribution in [0.4, 0.5) is 0 Å². The second kappa shape index (κ2) is 5.44. The first kappa shape index (κ1) is 13.9. The Morgan fingerprint density at radius 3 is 2.50 bits per heavy atom. The van der Waals surface area contributed by atoms with Crippen LogP contribution in [0.15, 0.2) is 15.8 Å². The van der Waals surface area contributed by atoms with Gasteiger partial charge in [-0.05, 0) is 20.8 Å². The number of aromatic amines is 1. The highest BCUT2D eigenvalue weighted by atomic mass is 16.2. The Balaban J connectivity index is 3.13. The number of carbonyl (C=O) groups excluding carboxylic acids is 2. The van der Waals surface area contributed by atoms with Crippen molar-refractivity contribution in [1.29, 1.82) is 0 Å². The van der Waals surface area contributed by atoms with Crippen molar-refractivity contribution >= 4 is 11.7 Å². The van der Waals surface area contributed by atoms with Gasteiger partial charge in [-0.15, -0.1) is 0 Å². The summed E-state index contributed by atoms with van der Waals surface area (Å²) in [6.07, 6.45) is 1.06. The molecule has 1 aromatic heterocycles. The zero-order valence-corrected chi connectivity index (χ0v) is 10.4. The minimum absolute atomic E-state index is 0.0942. The van der Waals surface area contributed by atoms with E-state index in [-0.39, 0.29) is 11.6 Å². The molecule has 2 N–H and O–H groups in total. The molecule has 0 aliphatic heterocycles. The van der Waals surface area contributed by atoms with Crippen molar-refractivity contribution in [3.05, 3.63) is 32.6 Å². The van der Waals surface area contributed by atoms with E-state index in [9.17, 15) is 19.2 Å². The van der Waals surface area contributed by atoms with Gasteiger partial charge in [0.25, 0.3) is 5.56 Å². The lowest BCUT2D eigenvalue weighted by Crippen LogP contribution is -2.43. The van der Waals surface area contributed by atoms with Gasteiger partial charge in [0.05, 0.1) is 5.56 Å². The van der Waals surface area contributed by atoms with Crippen molar-refractivity contribution in [1.82, 2.24) is 14.9 Å². The van der Waals surface area contributed by atoms with Crippen molar-refractivity contribution in [2.24, 2.45) is 0 Å². The summed E-state index contributed by atoms with van der Waals surface area (Å²) in [6.45, 7) is 4.33. The molecule has 0 fully saturated rings. The van der Waals surface area contributed by atoms with Crippen molar-refractivity contribution in [3.63, 3.8) is 0 Å². The average molecular weight is 253 g/mol. The van der Waals surface area contributed by atoms with E-state index in [0.717, 1.165) is 6.20 Å². The highest BCUT2D eigenvalue weighted by Crippen LogP contribution is 1.88. The molecule has 0 unspecified atom stereocenters. The van der Waals surface area contributed by atoms with E-state index >= 15 is 0 Å². The summed E-state index contributed by atoms with van der Waals surface area (Å²) in [5.74, 6) is -0.924. The topological polar surface area (TPSA) is 101 Å². The number of hydrogen-bond acceptors (Lipinski definition) is 4. The highest BCUT2D eigenvalue weighted by Gasteiger charge is 2.13. The van der Waals surface area contributed by atoms with E-state index in [1.807, 2.05) is 0 Å². The van der Waals surface area contributed by atoms with E-state index in [1.165, 1.54) is 6.92 Å². The van der Waals surface area contributed by atoms with E-state index in [2.05, 4.69) is 10.3 Å². The molecule has 0 atom stereocenters. The van der Waals surface area contributed by atoms with Gasteiger partial charge in [0, 0.05) is 12.2 Å². The second-order valence-corrected chi connectivity index (χ2v) is 4.18. The van der Waals surface area contributed by atoms with Crippen LogP contribution < -0.4 is 16.6 Å². The van der Waals surface area contributed by atoms with Crippen LogP contribution in [-0.4, -0.2) is 27.3 Å². The lowest BCUT2D eigenvalue weighted by molar-refractivity contribution is -0.122. The van der Waals surface area contributed by atoms with E-state index in [0.29, 0.717) is 4.57 Å². The number of nitrogens with one attached hydrogen (secondary N) is 2. The molecule has 0 bridgehead atoms. The lowest BCUT2D eigenvalue weighted by Gasteiger charge is -2.09. The minimum Gasteiger partial charge on any atom is -0.352 e. The van der Waals surface area contributed by atoms with Crippen LogP contribution in [0.2, 0.25) is 0 Å². The van der Waals surface area contributed by atoms with Gasteiger partial charge in [0.2, 0.25) is 5.91 Å².